The zero-order valence-electron chi connectivity index (χ0n) is 54.6. The largest absolute Gasteiger partial charge is 0.756 e. The summed E-state index contributed by atoms with van der Waals surface area (Å²) >= 11 is 0. The molecule has 0 saturated carbocycles. The highest BCUT2D eigenvalue weighted by atomic mass is 31.2. The van der Waals surface area contributed by atoms with Gasteiger partial charge in [-0.2, -0.15) is 0 Å². The summed E-state index contributed by atoms with van der Waals surface area (Å²) in [4.78, 5) is 25.6. The highest BCUT2D eigenvalue weighted by molar-refractivity contribution is 7.45. The van der Waals surface area contributed by atoms with Crippen LogP contribution in [0.2, 0.25) is 0 Å². The number of quaternary nitrogens is 1. The number of phosphoric ester groups is 1. The van der Waals surface area contributed by atoms with Crippen LogP contribution in [-0.4, -0.2) is 68.5 Å². The molecule has 0 heterocycles. The van der Waals surface area contributed by atoms with Crippen molar-refractivity contribution in [2.24, 2.45) is 0 Å². The van der Waals surface area contributed by atoms with Gasteiger partial charge >= 0.3 is 0 Å². The Morgan fingerprint density at radius 1 is 0.425 bits per heavy atom. The van der Waals surface area contributed by atoms with Gasteiger partial charge in [0.05, 0.1) is 39.9 Å². The maximum Gasteiger partial charge on any atom is 0.268 e. The molecule has 476 valence electrons. The minimum atomic E-state index is -4.60. The van der Waals surface area contributed by atoms with E-state index >= 15 is 0 Å². The van der Waals surface area contributed by atoms with Crippen molar-refractivity contribution in [3.8, 4) is 0 Å². The number of hydrogen-bond donors (Lipinski definition) is 2. The average molecular weight is 1150 g/mol. The van der Waals surface area contributed by atoms with Crippen LogP contribution in [0.15, 0.2) is 24.3 Å². The van der Waals surface area contributed by atoms with Crippen LogP contribution in [-0.2, 0) is 18.4 Å². The summed E-state index contributed by atoms with van der Waals surface area (Å²) in [6.07, 6.45) is 82.0. The van der Waals surface area contributed by atoms with E-state index in [-0.39, 0.29) is 19.1 Å². The van der Waals surface area contributed by atoms with E-state index in [2.05, 4.69) is 31.3 Å². The third-order valence-electron chi connectivity index (χ3n) is 16.7. The number of nitrogens with zero attached hydrogens (tertiary/aromatic N) is 1. The highest BCUT2D eigenvalue weighted by Gasteiger charge is 2.23. The zero-order chi connectivity index (χ0) is 58.4. The van der Waals surface area contributed by atoms with Crippen LogP contribution in [0.1, 0.15) is 373 Å². The molecule has 0 fully saturated rings. The van der Waals surface area contributed by atoms with Gasteiger partial charge in [0.1, 0.15) is 13.2 Å². The van der Waals surface area contributed by atoms with E-state index in [4.69, 9.17) is 9.05 Å². The number of hydrogen-bond acceptors (Lipinski definition) is 6. The van der Waals surface area contributed by atoms with Crippen molar-refractivity contribution < 1.29 is 32.9 Å². The summed E-state index contributed by atoms with van der Waals surface area (Å²) < 4.78 is 23.4. The first-order valence-corrected chi connectivity index (χ1v) is 37.2. The van der Waals surface area contributed by atoms with Crippen molar-refractivity contribution >= 4 is 13.7 Å². The SMILES string of the molecule is CCCCCCCCCCCCC/C=C/CC/C=C/C(O)C(COP(=O)([O-])OCC[N+](C)(C)C)NC(=O)CCCCCCCCCCCCCCCCCCCCCCCCCCCCCCCCCCCCCCCCCCC. The number of likely N-dealkylation sites (N-methyl/N-ethyl adjacent to an activating group) is 1. The first-order valence-electron chi connectivity index (χ1n) is 35.7. The van der Waals surface area contributed by atoms with E-state index in [1.54, 1.807) is 6.08 Å². The Bertz CT molecular complexity index is 1350. The lowest BCUT2D eigenvalue weighted by Gasteiger charge is -2.29. The number of amides is 1. The van der Waals surface area contributed by atoms with Gasteiger partial charge in [-0.1, -0.05) is 359 Å². The Morgan fingerprint density at radius 2 is 0.700 bits per heavy atom. The molecule has 9 heteroatoms. The minimum Gasteiger partial charge on any atom is -0.756 e. The van der Waals surface area contributed by atoms with Gasteiger partial charge in [0.15, 0.2) is 0 Å². The van der Waals surface area contributed by atoms with Gasteiger partial charge in [0.2, 0.25) is 5.91 Å². The van der Waals surface area contributed by atoms with Crippen LogP contribution < -0.4 is 10.2 Å². The minimum absolute atomic E-state index is 0.00363. The molecule has 80 heavy (non-hydrogen) atoms. The van der Waals surface area contributed by atoms with E-state index in [1.165, 1.54) is 315 Å². The third-order valence-corrected chi connectivity index (χ3v) is 17.6. The molecule has 0 saturated heterocycles. The van der Waals surface area contributed by atoms with E-state index in [0.717, 1.165) is 38.5 Å². The van der Waals surface area contributed by atoms with E-state index in [1.807, 2.05) is 27.2 Å². The van der Waals surface area contributed by atoms with Crippen molar-refractivity contribution in [1.29, 1.82) is 0 Å². The maximum atomic E-state index is 13.0. The Balaban J connectivity index is 3.86. The summed E-state index contributed by atoms with van der Waals surface area (Å²) in [6, 6.07) is -0.901. The predicted molar refractivity (Wildman–Crippen MR) is 349 cm³/mol. The predicted octanol–water partition coefficient (Wildman–Crippen LogP) is 22.0. The van der Waals surface area contributed by atoms with Crippen molar-refractivity contribution in [2.45, 2.75) is 386 Å². The number of aliphatic hydroxyl groups excluding tert-OH is 1. The molecule has 0 bridgehead atoms. The number of allylic oxidation sites excluding steroid dienone is 3. The molecule has 2 N–H and O–H groups in total. The second-order valence-electron chi connectivity index (χ2n) is 25.9. The smallest absolute Gasteiger partial charge is 0.268 e. The lowest BCUT2D eigenvalue weighted by atomic mass is 10.0. The molecular weight excluding hydrogens is 1010 g/mol. The molecule has 0 radical (unpaired) electrons. The summed E-state index contributed by atoms with van der Waals surface area (Å²) in [6.45, 7) is 4.68. The molecule has 0 spiro atoms. The quantitative estimate of drug-likeness (QED) is 0.0272. The van der Waals surface area contributed by atoms with E-state index in [0.29, 0.717) is 17.4 Å². The Kier molecular flexibility index (Phi) is 61.7. The first kappa shape index (κ1) is 79.0. The van der Waals surface area contributed by atoms with Gasteiger partial charge in [-0.15, -0.1) is 0 Å². The molecule has 3 atom stereocenters. The van der Waals surface area contributed by atoms with Crippen LogP contribution in [0.5, 0.6) is 0 Å². The summed E-state index contributed by atoms with van der Waals surface area (Å²) in [5.74, 6) is -0.199. The fraction of sp³-hybridized carbons (Fsp3) is 0.930. The van der Waals surface area contributed by atoms with Gasteiger partial charge in [-0.05, 0) is 32.1 Å². The Hall–Kier alpha value is -1.02. The van der Waals surface area contributed by atoms with Crippen LogP contribution >= 0.6 is 7.82 Å². The Morgan fingerprint density at radius 3 is 1.01 bits per heavy atom. The zero-order valence-corrected chi connectivity index (χ0v) is 55.5. The third kappa shape index (κ3) is 64.5. The van der Waals surface area contributed by atoms with Crippen LogP contribution in [0.25, 0.3) is 0 Å². The van der Waals surface area contributed by atoms with Crippen LogP contribution in [0.3, 0.4) is 0 Å². The lowest BCUT2D eigenvalue weighted by molar-refractivity contribution is -0.870. The van der Waals surface area contributed by atoms with Crippen molar-refractivity contribution in [3.05, 3.63) is 24.3 Å². The van der Waals surface area contributed by atoms with Crippen molar-refractivity contribution in [1.82, 2.24) is 5.32 Å². The number of carbonyl (C=O) groups is 1. The molecule has 0 aliphatic carbocycles. The molecule has 8 nitrogen and oxygen atoms in total. The van der Waals surface area contributed by atoms with E-state index < -0.39 is 20.0 Å². The fourth-order valence-electron chi connectivity index (χ4n) is 11.1. The van der Waals surface area contributed by atoms with Gasteiger partial charge in [0.25, 0.3) is 7.82 Å². The van der Waals surface area contributed by atoms with Gasteiger partial charge in [0, 0.05) is 6.42 Å². The number of phosphoric acid groups is 1. The molecule has 0 aromatic carbocycles. The monoisotopic (exact) mass is 1150 g/mol. The molecule has 1 amide bonds. The number of aliphatic hydroxyl groups is 1. The summed E-state index contributed by atoms with van der Waals surface area (Å²) in [5.41, 5.74) is 0. The standard InChI is InChI=1S/C71H141N2O6P/c1-6-8-10-12-14-16-18-20-22-24-25-26-27-28-29-30-31-32-33-34-35-36-37-38-39-40-41-42-43-44-45-46-47-49-51-53-55-57-59-61-63-65-71(75)72-69(68-79-80(76,77)78-67-66-73(3,4)5)70(74)64-62-60-58-56-54-52-50-48-23-21-19-17-15-13-11-9-7-2/h54,56,62,64,69-70,74H,6-53,55,57-61,63,65-68H2,1-5H3,(H-,72,75,76,77)/b56-54+,64-62+. The van der Waals surface area contributed by atoms with E-state index in [9.17, 15) is 19.4 Å². The molecule has 0 aliphatic heterocycles. The number of carbonyl (C=O) groups excluding carboxylic acids is 1. The molecule has 0 rings (SSSR count). The topological polar surface area (TPSA) is 108 Å². The second kappa shape index (κ2) is 62.5. The summed E-state index contributed by atoms with van der Waals surface area (Å²) in [5, 5.41) is 13.9. The van der Waals surface area contributed by atoms with Crippen molar-refractivity contribution in [2.75, 3.05) is 40.9 Å². The molecule has 0 aliphatic rings. The van der Waals surface area contributed by atoms with Crippen LogP contribution in [0.4, 0.5) is 0 Å². The van der Waals surface area contributed by atoms with Crippen LogP contribution in [0, 0.1) is 0 Å². The fourth-order valence-corrected chi connectivity index (χ4v) is 11.8. The maximum absolute atomic E-state index is 13.0. The molecule has 0 aromatic heterocycles. The number of rotatable bonds is 67. The lowest BCUT2D eigenvalue weighted by Crippen LogP contribution is -2.45. The first-order chi connectivity index (χ1) is 39.0. The number of unbranched alkanes of at least 4 members (excludes halogenated alkanes) is 52. The molecule has 3 unspecified atom stereocenters. The van der Waals surface area contributed by atoms with Gasteiger partial charge in [-0.25, -0.2) is 0 Å². The summed E-state index contributed by atoms with van der Waals surface area (Å²) in [7, 11) is 1.26. The molecular formula is C71H141N2O6P. The van der Waals surface area contributed by atoms with Gasteiger partial charge < -0.3 is 28.8 Å². The normalized spacial score (nSPS) is 13.7. The number of nitrogens with one attached hydrogen (secondary N) is 1. The average Bonchev–Trinajstić information content (AvgIpc) is 3.43. The van der Waals surface area contributed by atoms with Crippen molar-refractivity contribution in [3.63, 3.8) is 0 Å². The second-order valence-corrected chi connectivity index (χ2v) is 27.4. The van der Waals surface area contributed by atoms with Gasteiger partial charge in [-0.3, -0.25) is 9.36 Å². The highest BCUT2D eigenvalue weighted by Crippen LogP contribution is 2.38. The Labute approximate surface area is 500 Å². The molecule has 0 aromatic rings.